The molecule has 1 aromatic carbocycles. The van der Waals surface area contributed by atoms with Crippen LogP contribution in [0.5, 0.6) is 5.75 Å². The van der Waals surface area contributed by atoms with E-state index in [1.807, 2.05) is 12.1 Å². The zero-order valence-electron chi connectivity index (χ0n) is 10.1. The van der Waals surface area contributed by atoms with Crippen LogP contribution < -0.4 is 10.1 Å². The molecule has 3 heteroatoms. The topological polar surface area (TPSA) is 21.3 Å². The maximum atomic E-state index is 5.78. The number of hydrogen-bond acceptors (Lipinski definition) is 2. The molecule has 0 heterocycles. The SMILES string of the molecule is C#CCCCOc1c(Br)cccc1CNCC. The van der Waals surface area contributed by atoms with Gasteiger partial charge in [-0.2, -0.15) is 0 Å². The van der Waals surface area contributed by atoms with Gasteiger partial charge in [0.1, 0.15) is 5.75 Å². The van der Waals surface area contributed by atoms with Crippen LogP contribution in [0.2, 0.25) is 0 Å². The first kappa shape index (κ1) is 14.1. The number of halogens is 1. The molecule has 17 heavy (non-hydrogen) atoms. The largest absolute Gasteiger partial charge is 0.492 e. The van der Waals surface area contributed by atoms with Crippen molar-refractivity contribution < 1.29 is 4.74 Å². The summed E-state index contributed by atoms with van der Waals surface area (Å²) in [6.45, 7) is 4.51. The maximum absolute atomic E-state index is 5.78. The third kappa shape index (κ3) is 4.80. The van der Waals surface area contributed by atoms with Gasteiger partial charge in [-0.3, -0.25) is 0 Å². The van der Waals surface area contributed by atoms with Crippen molar-refractivity contribution in [3.63, 3.8) is 0 Å². The lowest BCUT2D eigenvalue weighted by atomic mass is 10.2. The first-order valence-corrected chi connectivity index (χ1v) is 6.63. The van der Waals surface area contributed by atoms with Crippen LogP contribution in [0.25, 0.3) is 0 Å². The van der Waals surface area contributed by atoms with Gasteiger partial charge in [-0.1, -0.05) is 19.1 Å². The summed E-state index contributed by atoms with van der Waals surface area (Å²) in [7, 11) is 0. The van der Waals surface area contributed by atoms with Crippen LogP contribution >= 0.6 is 15.9 Å². The number of para-hydroxylation sites is 1. The lowest BCUT2D eigenvalue weighted by Gasteiger charge is -2.13. The lowest BCUT2D eigenvalue weighted by Crippen LogP contribution is -2.13. The Morgan fingerprint density at radius 1 is 1.47 bits per heavy atom. The Kier molecular flexibility index (Phi) is 6.76. The maximum Gasteiger partial charge on any atom is 0.137 e. The van der Waals surface area contributed by atoms with E-state index in [-0.39, 0.29) is 0 Å². The number of unbranched alkanes of at least 4 members (excludes halogenated alkanes) is 1. The van der Waals surface area contributed by atoms with Gasteiger partial charge in [0.15, 0.2) is 0 Å². The molecule has 0 radical (unpaired) electrons. The van der Waals surface area contributed by atoms with Gasteiger partial charge >= 0.3 is 0 Å². The van der Waals surface area contributed by atoms with Gasteiger partial charge < -0.3 is 10.1 Å². The van der Waals surface area contributed by atoms with E-state index >= 15 is 0 Å². The zero-order valence-corrected chi connectivity index (χ0v) is 11.7. The van der Waals surface area contributed by atoms with Crippen LogP contribution in [0.4, 0.5) is 0 Å². The van der Waals surface area contributed by atoms with Gasteiger partial charge in [-0.25, -0.2) is 0 Å². The highest BCUT2D eigenvalue weighted by molar-refractivity contribution is 9.10. The number of terminal acetylenes is 1. The summed E-state index contributed by atoms with van der Waals surface area (Å²) >= 11 is 3.52. The molecule has 0 unspecified atom stereocenters. The van der Waals surface area contributed by atoms with Gasteiger partial charge in [0.2, 0.25) is 0 Å². The highest BCUT2D eigenvalue weighted by Crippen LogP contribution is 2.29. The molecule has 0 saturated heterocycles. The first-order chi connectivity index (χ1) is 8.29. The molecule has 0 spiro atoms. The second kappa shape index (κ2) is 8.16. The van der Waals surface area contributed by atoms with E-state index < -0.39 is 0 Å². The van der Waals surface area contributed by atoms with E-state index in [4.69, 9.17) is 11.2 Å². The molecule has 0 aliphatic heterocycles. The fourth-order valence-electron chi connectivity index (χ4n) is 1.46. The quantitative estimate of drug-likeness (QED) is 0.615. The van der Waals surface area contributed by atoms with Crippen molar-refractivity contribution in [2.45, 2.75) is 26.3 Å². The van der Waals surface area contributed by atoms with Gasteiger partial charge in [0.05, 0.1) is 11.1 Å². The molecule has 0 bridgehead atoms. The van der Waals surface area contributed by atoms with Crippen LogP contribution in [0.1, 0.15) is 25.3 Å². The van der Waals surface area contributed by atoms with Crippen molar-refractivity contribution in [1.29, 1.82) is 0 Å². The van der Waals surface area contributed by atoms with Crippen molar-refractivity contribution >= 4 is 15.9 Å². The minimum atomic E-state index is 0.659. The molecule has 0 aliphatic rings. The van der Waals surface area contributed by atoms with E-state index in [0.717, 1.165) is 36.2 Å². The number of hydrogen-bond donors (Lipinski definition) is 1. The van der Waals surface area contributed by atoms with Gasteiger partial charge in [-0.15, -0.1) is 12.3 Å². The van der Waals surface area contributed by atoms with Crippen molar-refractivity contribution in [2.24, 2.45) is 0 Å². The number of nitrogens with one attached hydrogen (secondary N) is 1. The van der Waals surface area contributed by atoms with Crippen molar-refractivity contribution in [3.05, 3.63) is 28.2 Å². The van der Waals surface area contributed by atoms with E-state index in [0.29, 0.717) is 6.61 Å². The first-order valence-electron chi connectivity index (χ1n) is 5.84. The molecule has 2 nitrogen and oxygen atoms in total. The van der Waals surface area contributed by atoms with Crippen molar-refractivity contribution in [1.82, 2.24) is 5.32 Å². The molecule has 0 atom stereocenters. The van der Waals surface area contributed by atoms with Gasteiger partial charge in [0.25, 0.3) is 0 Å². The fourth-order valence-corrected chi connectivity index (χ4v) is 1.98. The van der Waals surface area contributed by atoms with Crippen LogP contribution in [0.15, 0.2) is 22.7 Å². The van der Waals surface area contributed by atoms with E-state index in [1.165, 1.54) is 5.56 Å². The molecular formula is C14H18BrNO. The fraction of sp³-hybridized carbons (Fsp3) is 0.429. The number of benzene rings is 1. The van der Waals surface area contributed by atoms with Crippen LogP contribution in [0.3, 0.4) is 0 Å². The highest BCUT2D eigenvalue weighted by Gasteiger charge is 2.07. The second-order valence-corrected chi connectivity index (χ2v) is 4.52. The highest BCUT2D eigenvalue weighted by atomic mass is 79.9. The predicted octanol–water partition coefficient (Wildman–Crippen LogP) is 3.35. The third-order valence-corrected chi connectivity index (χ3v) is 2.95. The molecule has 92 valence electrons. The Hall–Kier alpha value is -0.980. The number of ether oxygens (including phenoxy) is 1. The van der Waals surface area contributed by atoms with E-state index in [2.05, 4.69) is 40.2 Å². The summed E-state index contributed by atoms with van der Waals surface area (Å²) in [5.41, 5.74) is 1.17. The van der Waals surface area contributed by atoms with Crippen LogP contribution in [-0.2, 0) is 6.54 Å². The second-order valence-electron chi connectivity index (χ2n) is 3.66. The Balaban J connectivity index is 2.63. The summed E-state index contributed by atoms with van der Waals surface area (Å²) in [6.07, 6.45) is 6.85. The normalized spacial score (nSPS) is 9.94. The van der Waals surface area contributed by atoms with Crippen LogP contribution in [0, 0.1) is 12.3 Å². The van der Waals surface area contributed by atoms with E-state index in [1.54, 1.807) is 0 Å². The van der Waals surface area contributed by atoms with E-state index in [9.17, 15) is 0 Å². The summed E-state index contributed by atoms with van der Waals surface area (Å²) in [5.74, 6) is 3.54. The molecule has 0 fully saturated rings. The Bertz CT molecular complexity index is 384. The Morgan fingerprint density at radius 3 is 3.00 bits per heavy atom. The smallest absolute Gasteiger partial charge is 0.137 e. The number of rotatable bonds is 7. The Morgan fingerprint density at radius 2 is 2.29 bits per heavy atom. The molecule has 1 rings (SSSR count). The van der Waals surface area contributed by atoms with Crippen molar-refractivity contribution in [3.8, 4) is 18.1 Å². The summed E-state index contributed by atoms with van der Waals surface area (Å²) in [4.78, 5) is 0. The molecule has 0 aromatic heterocycles. The minimum absolute atomic E-state index is 0.659. The third-order valence-electron chi connectivity index (χ3n) is 2.33. The summed E-state index contributed by atoms with van der Waals surface area (Å²) < 4.78 is 6.78. The molecule has 0 saturated carbocycles. The van der Waals surface area contributed by atoms with Gasteiger partial charge in [-0.05, 0) is 35.0 Å². The van der Waals surface area contributed by atoms with Gasteiger partial charge in [0, 0.05) is 18.5 Å². The molecule has 1 N–H and O–H groups in total. The van der Waals surface area contributed by atoms with Crippen molar-refractivity contribution in [2.75, 3.05) is 13.2 Å². The van der Waals surface area contributed by atoms with Crippen LogP contribution in [-0.4, -0.2) is 13.2 Å². The molecular weight excluding hydrogens is 278 g/mol. The summed E-state index contributed by atoms with van der Waals surface area (Å²) in [5, 5.41) is 3.30. The average molecular weight is 296 g/mol. The minimum Gasteiger partial charge on any atom is -0.492 e. The zero-order chi connectivity index (χ0) is 12.5. The molecule has 0 aliphatic carbocycles. The Labute approximate surface area is 112 Å². The molecule has 0 amide bonds. The standard InChI is InChI=1S/C14H18BrNO/c1-3-5-6-10-17-14-12(11-16-4-2)8-7-9-13(14)15/h1,7-9,16H,4-6,10-11H2,2H3. The lowest BCUT2D eigenvalue weighted by molar-refractivity contribution is 0.307. The predicted molar refractivity (Wildman–Crippen MR) is 75.1 cm³/mol. The molecule has 1 aromatic rings. The average Bonchev–Trinajstić information content (AvgIpc) is 2.34. The monoisotopic (exact) mass is 295 g/mol. The summed E-state index contributed by atoms with van der Waals surface area (Å²) in [6, 6.07) is 6.08.